The lowest BCUT2D eigenvalue weighted by Crippen LogP contribution is -2.10. The van der Waals surface area contributed by atoms with Crippen LogP contribution in [0.4, 0.5) is 11.4 Å². The van der Waals surface area contributed by atoms with E-state index in [0.29, 0.717) is 28.2 Å². The van der Waals surface area contributed by atoms with Crippen LogP contribution >= 0.6 is 0 Å². The molecule has 0 aliphatic carbocycles. The van der Waals surface area contributed by atoms with Gasteiger partial charge in [-0.2, -0.15) is 4.80 Å². The van der Waals surface area contributed by atoms with Crippen LogP contribution in [-0.2, 0) is 0 Å². The van der Waals surface area contributed by atoms with Gasteiger partial charge in [0, 0.05) is 11.8 Å². The van der Waals surface area contributed by atoms with Crippen molar-refractivity contribution in [1.82, 2.24) is 15.0 Å². The number of carbonyl (C=O) groups excluding carboxylic acids is 1. The molecule has 5 rings (SSSR count). The van der Waals surface area contributed by atoms with Crippen molar-refractivity contribution in [1.29, 1.82) is 0 Å². The van der Waals surface area contributed by atoms with Gasteiger partial charge >= 0.3 is 0 Å². The van der Waals surface area contributed by atoms with Crippen molar-refractivity contribution in [3.8, 4) is 17.0 Å². The van der Waals surface area contributed by atoms with Crippen LogP contribution in [0.15, 0.2) is 77.2 Å². The molecule has 9 nitrogen and oxygen atoms in total. The second-order valence-corrected chi connectivity index (χ2v) is 8.83. The highest BCUT2D eigenvalue weighted by Gasteiger charge is 2.20. The van der Waals surface area contributed by atoms with Crippen molar-refractivity contribution >= 4 is 28.3 Å². The fraction of sp³-hybridized carbons (Fsp3) is 0.148. The number of hydrogen-bond acceptors (Lipinski definition) is 6. The first-order valence-electron chi connectivity index (χ1n) is 11.4. The van der Waals surface area contributed by atoms with Crippen LogP contribution < -0.4 is 5.32 Å². The van der Waals surface area contributed by atoms with E-state index in [1.807, 2.05) is 12.1 Å². The van der Waals surface area contributed by atoms with Gasteiger partial charge in [0.25, 0.3) is 11.6 Å². The van der Waals surface area contributed by atoms with Crippen LogP contribution in [0.5, 0.6) is 0 Å². The van der Waals surface area contributed by atoms with Crippen molar-refractivity contribution in [2.45, 2.75) is 26.7 Å². The molecule has 0 radical (unpaired) electrons. The zero-order valence-electron chi connectivity index (χ0n) is 19.9. The van der Waals surface area contributed by atoms with Crippen molar-refractivity contribution in [2.75, 3.05) is 5.32 Å². The normalized spacial score (nSPS) is 11.2. The maximum absolute atomic E-state index is 12.8. The number of anilines is 1. The Hall–Kier alpha value is -4.79. The van der Waals surface area contributed by atoms with Gasteiger partial charge in [-0.3, -0.25) is 14.9 Å². The standard InChI is InChI=1S/C27H23N5O4/c1-16(2)18-5-8-20(9-6-18)31-29-22-11-7-19(15-23(22)30-31)28-27(33)26-13-12-25(36-26)21-10-4-17(3)14-24(21)32(34)35/h4-16H,1-3H3,(H,28,33). The van der Waals surface area contributed by atoms with Crippen LogP contribution in [0.3, 0.4) is 0 Å². The van der Waals surface area contributed by atoms with Crippen LogP contribution in [0.1, 0.15) is 41.4 Å². The number of aromatic nitrogens is 3. The summed E-state index contributed by atoms with van der Waals surface area (Å²) in [7, 11) is 0. The molecule has 0 aliphatic heterocycles. The third-order valence-electron chi connectivity index (χ3n) is 5.87. The summed E-state index contributed by atoms with van der Waals surface area (Å²) >= 11 is 0. The predicted molar refractivity (Wildman–Crippen MR) is 136 cm³/mol. The first-order chi connectivity index (χ1) is 17.3. The molecular weight excluding hydrogens is 458 g/mol. The Morgan fingerprint density at radius 2 is 1.72 bits per heavy atom. The Balaban J connectivity index is 1.36. The van der Waals surface area contributed by atoms with Gasteiger partial charge in [-0.25, -0.2) is 0 Å². The number of carbonyl (C=O) groups is 1. The van der Waals surface area contributed by atoms with Crippen LogP contribution in [-0.4, -0.2) is 25.8 Å². The summed E-state index contributed by atoms with van der Waals surface area (Å²) < 4.78 is 5.66. The first kappa shape index (κ1) is 23.0. The minimum Gasteiger partial charge on any atom is -0.451 e. The summed E-state index contributed by atoms with van der Waals surface area (Å²) in [5, 5.41) is 23.3. The molecule has 2 heterocycles. The van der Waals surface area contributed by atoms with E-state index in [9.17, 15) is 14.9 Å². The number of aryl methyl sites for hydroxylation is 1. The zero-order chi connectivity index (χ0) is 25.4. The maximum atomic E-state index is 12.8. The number of nitro groups is 1. The van der Waals surface area contributed by atoms with Gasteiger partial charge in [0.15, 0.2) is 5.76 Å². The molecule has 180 valence electrons. The number of nitrogens with one attached hydrogen (secondary N) is 1. The molecule has 0 saturated carbocycles. The Bertz CT molecular complexity index is 1600. The van der Waals surface area contributed by atoms with E-state index in [2.05, 4.69) is 41.5 Å². The lowest BCUT2D eigenvalue weighted by molar-refractivity contribution is -0.384. The second-order valence-electron chi connectivity index (χ2n) is 8.83. The summed E-state index contributed by atoms with van der Waals surface area (Å²) in [5.41, 5.74) is 4.90. The smallest absolute Gasteiger partial charge is 0.291 e. The summed E-state index contributed by atoms with van der Waals surface area (Å²) in [6, 6.07) is 21.2. The molecule has 3 aromatic carbocycles. The molecule has 2 aromatic heterocycles. The molecule has 0 fully saturated rings. The van der Waals surface area contributed by atoms with Crippen molar-refractivity contribution in [3.63, 3.8) is 0 Å². The van der Waals surface area contributed by atoms with Gasteiger partial charge in [0.1, 0.15) is 16.8 Å². The summed E-state index contributed by atoms with van der Waals surface area (Å²) in [4.78, 5) is 25.3. The van der Waals surface area contributed by atoms with Gasteiger partial charge in [0.2, 0.25) is 0 Å². The molecule has 1 amide bonds. The number of benzene rings is 3. The third kappa shape index (κ3) is 4.46. The highest BCUT2D eigenvalue weighted by molar-refractivity contribution is 6.03. The van der Waals surface area contributed by atoms with E-state index in [0.717, 1.165) is 11.3 Å². The number of nitrogens with zero attached hydrogens (tertiary/aromatic N) is 4. The Morgan fingerprint density at radius 1 is 0.972 bits per heavy atom. The molecular formula is C27H23N5O4. The Labute approximate surface area is 206 Å². The highest BCUT2D eigenvalue weighted by atomic mass is 16.6. The van der Waals surface area contributed by atoms with Crippen LogP contribution in [0, 0.1) is 17.0 Å². The Kier molecular flexibility index (Phi) is 5.81. The molecule has 0 aliphatic rings. The van der Waals surface area contributed by atoms with Crippen molar-refractivity contribution in [3.05, 3.63) is 99.8 Å². The molecule has 9 heteroatoms. The molecule has 0 unspecified atom stereocenters. The lowest BCUT2D eigenvalue weighted by Gasteiger charge is -2.05. The summed E-state index contributed by atoms with van der Waals surface area (Å²) in [6.07, 6.45) is 0. The average molecular weight is 482 g/mol. The number of fused-ring (bicyclic) bond motifs is 1. The maximum Gasteiger partial charge on any atom is 0.291 e. The molecule has 36 heavy (non-hydrogen) atoms. The molecule has 0 atom stereocenters. The topological polar surface area (TPSA) is 116 Å². The largest absolute Gasteiger partial charge is 0.451 e. The average Bonchev–Trinajstić information content (AvgIpc) is 3.51. The summed E-state index contributed by atoms with van der Waals surface area (Å²) in [5.74, 6) is 0.238. The number of rotatable bonds is 6. The zero-order valence-corrected chi connectivity index (χ0v) is 19.9. The van der Waals surface area contributed by atoms with E-state index >= 15 is 0 Å². The SMILES string of the molecule is Cc1ccc(-c2ccc(C(=O)Nc3ccc4nn(-c5ccc(C(C)C)cc5)nc4c3)o2)c([N+](=O)[O-])c1. The number of amides is 1. The minimum atomic E-state index is -0.480. The van der Waals surface area contributed by atoms with Crippen molar-refractivity contribution in [2.24, 2.45) is 0 Å². The van der Waals surface area contributed by atoms with Crippen molar-refractivity contribution < 1.29 is 14.1 Å². The molecule has 5 aromatic rings. The lowest BCUT2D eigenvalue weighted by atomic mass is 10.0. The van der Waals surface area contributed by atoms with E-state index in [-0.39, 0.29) is 17.2 Å². The molecule has 1 N–H and O–H groups in total. The number of nitro benzene ring substituents is 1. The van der Waals surface area contributed by atoms with E-state index in [4.69, 9.17) is 4.42 Å². The van der Waals surface area contributed by atoms with Crippen LogP contribution in [0.2, 0.25) is 0 Å². The fourth-order valence-electron chi connectivity index (χ4n) is 3.90. The quantitative estimate of drug-likeness (QED) is 0.226. The van der Waals surface area contributed by atoms with Gasteiger partial charge in [-0.05, 0) is 72.5 Å². The Morgan fingerprint density at radius 3 is 2.44 bits per heavy atom. The second kappa shape index (κ2) is 9.10. The predicted octanol–water partition coefficient (Wildman–Crippen LogP) is 6.27. The van der Waals surface area contributed by atoms with E-state index < -0.39 is 10.8 Å². The van der Waals surface area contributed by atoms with Gasteiger partial charge < -0.3 is 9.73 Å². The first-order valence-corrected chi connectivity index (χ1v) is 11.4. The van der Waals surface area contributed by atoms with Crippen LogP contribution in [0.25, 0.3) is 28.0 Å². The van der Waals surface area contributed by atoms with E-state index in [1.54, 1.807) is 48.1 Å². The number of furan rings is 1. The van der Waals surface area contributed by atoms with Gasteiger partial charge in [-0.1, -0.05) is 32.0 Å². The summed E-state index contributed by atoms with van der Waals surface area (Å²) in [6.45, 7) is 6.05. The van der Waals surface area contributed by atoms with Gasteiger partial charge in [0.05, 0.1) is 16.2 Å². The third-order valence-corrected chi connectivity index (χ3v) is 5.87. The van der Waals surface area contributed by atoms with Gasteiger partial charge in [-0.15, -0.1) is 10.2 Å². The molecule has 0 spiro atoms. The molecule has 0 saturated heterocycles. The minimum absolute atomic E-state index is 0.0360. The monoisotopic (exact) mass is 481 g/mol. The highest BCUT2D eigenvalue weighted by Crippen LogP contribution is 2.32. The number of hydrogen-bond donors (Lipinski definition) is 1. The molecule has 0 bridgehead atoms. The van der Waals surface area contributed by atoms with E-state index in [1.165, 1.54) is 17.7 Å². The fourth-order valence-corrected chi connectivity index (χ4v) is 3.90.